The van der Waals surface area contributed by atoms with Crippen molar-refractivity contribution < 1.29 is 33.0 Å². The SMILES string of the molecule is COc1ccc2c(CC(=O)OC(C)C(=O)Nc3ccc4c(c3)OCO4)coc2c1. The third kappa shape index (κ3) is 3.96. The minimum atomic E-state index is -0.966. The van der Waals surface area contributed by atoms with Crippen LogP contribution in [0.4, 0.5) is 5.69 Å². The molecule has 2 heterocycles. The fourth-order valence-electron chi connectivity index (χ4n) is 2.99. The van der Waals surface area contributed by atoms with Gasteiger partial charge in [0.1, 0.15) is 11.3 Å². The summed E-state index contributed by atoms with van der Waals surface area (Å²) in [6.45, 7) is 1.66. The van der Waals surface area contributed by atoms with E-state index in [0.29, 0.717) is 34.1 Å². The Morgan fingerprint density at radius 1 is 1.14 bits per heavy atom. The van der Waals surface area contributed by atoms with Crippen molar-refractivity contribution in [2.45, 2.75) is 19.4 Å². The number of hydrogen-bond acceptors (Lipinski definition) is 7. The zero-order valence-electron chi connectivity index (χ0n) is 15.9. The van der Waals surface area contributed by atoms with E-state index in [1.165, 1.54) is 13.2 Å². The zero-order valence-corrected chi connectivity index (χ0v) is 15.9. The first-order valence-electron chi connectivity index (χ1n) is 8.97. The molecule has 1 aliphatic rings. The Hall–Kier alpha value is -3.68. The van der Waals surface area contributed by atoms with Crippen LogP contribution in [0, 0.1) is 0 Å². The maximum atomic E-state index is 12.3. The molecule has 1 atom stereocenters. The summed E-state index contributed by atoms with van der Waals surface area (Å²) in [6, 6.07) is 10.4. The van der Waals surface area contributed by atoms with Crippen LogP contribution in [0.25, 0.3) is 11.0 Å². The third-order valence-corrected chi connectivity index (χ3v) is 4.52. The average Bonchev–Trinajstić information content (AvgIpc) is 3.34. The van der Waals surface area contributed by atoms with Gasteiger partial charge in [-0.1, -0.05) is 0 Å². The lowest BCUT2D eigenvalue weighted by atomic mass is 10.1. The quantitative estimate of drug-likeness (QED) is 0.638. The predicted molar refractivity (Wildman–Crippen MR) is 103 cm³/mol. The number of benzene rings is 2. The van der Waals surface area contributed by atoms with Gasteiger partial charge in [-0.3, -0.25) is 9.59 Å². The van der Waals surface area contributed by atoms with Crippen LogP contribution in [0.15, 0.2) is 47.1 Å². The van der Waals surface area contributed by atoms with Crippen LogP contribution >= 0.6 is 0 Å². The van der Waals surface area contributed by atoms with Gasteiger partial charge in [0.2, 0.25) is 6.79 Å². The minimum absolute atomic E-state index is 0.0129. The van der Waals surface area contributed by atoms with E-state index >= 15 is 0 Å². The molecule has 29 heavy (non-hydrogen) atoms. The molecule has 0 fully saturated rings. The number of amides is 1. The number of methoxy groups -OCH3 is 1. The second-order valence-electron chi connectivity index (χ2n) is 6.49. The van der Waals surface area contributed by atoms with Crippen molar-refractivity contribution in [3.8, 4) is 17.2 Å². The highest BCUT2D eigenvalue weighted by Crippen LogP contribution is 2.34. The summed E-state index contributed by atoms with van der Waals surface area (Å²) in [6.07, 6.45) is 0.523. The van der Waals surface area contributed by atoms with Crippen molar-refractivity contribution in [3.63, 3.8) is 0 Å². The van der Waals surface area contributed by atoms with Gasteiger partial charge >= 0.3 is 5.97 Å². The zero-order chi connectivity index (χ0) is 20.4. The summed E-state index contributed by atoms with van der Waals surface area (Å²) >= 11 is 0. The number of furan rings is 1. The van der Waals surface area contributed by atoms with Crippen molar-refractivity contribution >= 4 is 28.5 Å². The molecule has 8 heteroatoms. The summed E-state index contributed by atoms with van der Waals surface area (Å²) in [7, 11) is 1.57. The Kier molecular flexibility index (Phi) is 4.99. The highest BCUT2D eigenvalue weighted by Gasteiger charge is 2.21. The summed E-state index contributed by atoms with van der Waals surface area (Å²) < 4.78 is 26.4. The smallest absolute Gasteiger partial charge is 0.311 e. The van der Waals surface area contributed by atoms with Gasteiger partial charge in [-0.15, -0.1) is 0 Å². The van der Waals surface area contributed by atoms with E-state index in [2.05, 4.69) is 5.32 Å². The largest absolute Gasteiger partial charge is 0.497 e. The Balaban J connectivity index is 1.36. The van der Waals surface area contributed by atoms with E-state index in [-0.39, 0.29) is 13.2 Å². The lowest BCUT2D eigenvalue weighted by Gasteiger charge is -2.13. The normalized spacial score (nSPS) is 13.2. The molecular weight excluding hydrogens is 378 g/mol. The monoisotopic (exact) mass is 397 g/mol. The Morgan fingerprint density at radius 2 is 1.97 bits per heavy atom. The standard InChI is InChI=1S/C21H19NO7/c1-12(21(24)22-14-3-6-17-19(8-14)28-11-27-17)29-20(23)7-13-10-26-18-9-15(25-2)4-5-16(13)18/h3-6,8-10,12H,7,11H2,1-2H3,(H,22,24). The molecular formula is C21H19NO7. The Labute approximate surface area is 166 Å². The fraction of sp³-hybridized carbons (Fsp3) is 0.238. The van der Waals surface area contributed by atoms with Crippen molar-refractivity contribution in [3.05, 3.63) is 48.2 Å². The van der Waals surface area contributed by atoms with E-state index in [9.17, 15) is 9.59 Å². The summed E-state index contributed by atoms with van der Waals surface area (Å²) in [4.78, 5) is 24.6. The van der Waals surface area contributed by atoms with Gasteiger partial charge in [-0.05, 0) is 31.2 Å². The predicted octanol–water partition coefficient (Wildman–Crippen LogP) is 3.28. The van der Waals surface area contributed by atoms with Gasteiger partial charge in [0.15, 0.2) is 17.6 Å². The number of carbonyl (C=O) groups is 2. The summed E-state index contributed by atoms with van der Waals surface area (Å²) in [5, 5.41) is 3.49. The topological polar surface area (TPSA) is 96.2 Å². The van der Waals surface area contributed by atoms with Crippen LogP contribution in [0.5, 0.6) is 17.2 Å². The molecule has 1 amide bonds. The second kappa shape index (κ2) is 7.75. The first kappa shape index (κ1) is 18.7. The molecule has 0 spiro atoms. The molecule has 4 rings (SSSR count). The highest BCUT2D eigenvalue weighted by atomic mass is 16.7. The third-order valence-electron chi connectivity index (χ3n) is 4.52. The van der Waals surface area contributed by atoms with Crippen molar-refractivity contribution in [1.29, 1.82) is 0 Å². The van der Waals surface area contributed by atoms with Gasteiger partial charge in [0, 0.05) is 28.8 Å². The van der Waals surface area contributed by atoms with Crippen molar-refractivity contribution in [2.24, 2.45) is 0 Å². The van der Waals surface area contributed by atoms with E-state index in [1.807, 2.05) is 6.07 Å². The van der Waals surface area contributed by atoms with Crippen molar-refractivity contribution in [2.75, 3.05) is 19.2 Å². The fourth-order valence-corrected chi connectivity index (χ4v) is 2.99. The van der Waals surface area contributed by atoms with Crippen LogP contribution in [-0.4, -0.2) is 31.9 Å². The van der Waals surface area contributed by atoms with Gasteiger partial charge in [-0.25, -0.2) is 0 Å². The Bertz CT molecular complexity index is 1070. The number of fused-ring (bicyclic) bond motifs is 2. The number of esters is 1. The maximum absolute atomic E-state index is 12.3. The summed E-state index contributed by atoms with van der Waals surface area (Å²) in [5.74, 6) is 0.856. The molecule has 150 valence electrons. The number of anilines is 1. The molecule has 3 aromatic rings. The summed E-state index contributed by atoms with van der Waals surface area (Å²) in [5.41, 5.74) is 1.81. The van der Waals surface area contributed by atoms with Crippen LogP contribution < -0.4 is 19.5 Å². The van der Waals surface area contributed by atoms with Crippen LogP contribution in [0.3, 0.4) is 0 Å². The molecule has 1 aliphatic heterocycles. The lowest BCUT2D eigenvalue weighted by Crippen LogP contribution is -2.30. The van der Waals surface area contributed by atoms with Crippen LogP contribution in [0.1, 0.15) is 12.5 Å². The molecule has 0 bridgehead atoms. The van der Waals surface area contributed by atoms with Gasteiger partial charge in [-0.2, -0.15) is 0 Å². The van der Waals surface area contributed by atoms with E-state index in [0.717, 1.165) is 5.39 Å². The second-order valence-corrected chi connectivity index (χ2v) is 6.49. The average molecular weight is 397 g/mol. The first-order chi connectivity index (χ1) is 14.0. The molecule has 0 aliphatic carbocycles. The highest BCUT2D eigenvalue weighted by molar-refractivity contribution is 5.95. The number of rotatable bonds is 6. The van der Waals surface area contributed by atoms with Crippen LogP contribution in [0.2, 0.25) is 0 Å². The van der Waals surface area contributed by atoms with E-state index in [4.69, 9.17) is 23.4 Å². The molecule has 0 radical (unpaired) electrons. The lowest BCUT2D eigenvalue weighted by molar-refractivity contribution is -0.152. The minimum Gasteiger partial charge on any atom is -0.497 e. The number of hydrogen-bond donors (Lipinski definition) is 1. The number of carbonyl (C=O) groups excluding carboxylic acids is 2. The molecule has 2 aromatic carbocycles. The van der Waals surface area contributed by atoms with E-state index < -0.39 is 18.0 Å². The molecule has 1 N–H and O–H groups in total. The number of ether oxygens (including phenoxy) is 4. The Morgan fingerprint density at radius 3 is 2.79 bits per heavy atom. The molecule has 1 unspecified atom stereocenters. The molecule has 8 nitrogen and oxygen atoms in total. The molecule has 1 aromatic heterocycles. The first-order valence-corrected chi connectivity index (χ1v) is 8.97. The molecule has 0 saturated carbocycles. The molecule has 0 saturated heterocycles. The van der Waals surface area contributed by atoms with E-state index in [1.54, 1.807) is 37.4 Å². The van der Waals surface area contributed by atoms with Gasteiger partial charge < -0.3 is 28.7 Å². The van der Waals surface area contributed by atoms with Gasteiger partial charge in [0.25, 0.3) is 5.91 Å². The van der Waals surface area contributed by atoms with Crippen LogP contribution in [-0.2, 0) is 20.7 Å². The number of nitrogens with one attached hydrogen (secondary N) is 1. The van der Waals surface area contributed by atoms with Crippen molar-refractivity contribution in [1.82, 2.24) is 0 Å². The van der Waals surface area contributed by atoms with Gasteiger partial charge in [0.05, 0.1) is 19.8 Å². The maximum Gasteiger partial charge on any atom is 0.311 e.